The van der Waals surface area contributed by atoms with Crippen molar-refractivity contribution in [2.24, 2.45) is 5.92 Å². The minimum atomic E-state index is -5.08. The van der Waals surface area contributed by atoms with E-state index in [0.29, 0.717) is 11.9 Å². The molecule has 16 heteroatoms. The first-order valence-electron chi connectivity index (χ1n) is 11.5. The van der Waals surface area contributed by atoms with Crippen LogP contribution >= 0.6 is 0 Å². The third-order valence-electron chi connectivity index (χ3n) is 5.74. The molecule has 2 saturated heterocycles. The molecule has 2 aromatic heterocycles. The Morgan fingerprint density at radius 2 is 1.62 bits per heavy atom. The van der Waals surface area contributed by atoms with Crippen LogP contribution < -0.4 is 5.32 Å². The van der Waals surface area contributed by atoms with Crippen molar-refractivity contribution in [2.45, 2.75) is 44.3 Å². The van der Waals surface area contributed by atoms with Crippen molar-refractivity contribution < 1.29 is 50.9 Å². The van der Waals surface area contributed by atoms with Crippen LogP contribution in [0, 0.1) is 12.8 Å². The lowest BCUT2D eigenvalue weighted by molar-refractivity contribution is -0.193. The van der Waals surface area contributed by atoms with E-state index in [1.807, 2.05) is 37.6 Å². The number of rotatable bonds is 6. The van der Waals surface area contributed by atoms with Gasteiger partial charge in [0.15, 0.2) is 0 Å². The monoisotopic (exact) mass is 567 g/mol. The van der Waals surface area contributed by atoms with Crippen LogP contribution in [0.4, 0.5) is 32.3 Å². The lowest BCUT2D eigenvalue weighted by Crippen LogP contribution is -2.64. The van der Waals surface area contributed by atoms with Crippen molar-refractivity contribution >= 4 is 17.9 Å². The van der Waals surface area contributed by atoms with E-state index < -0.39 is 24.3 Å². The quantitative estimate of drug-likeness (QED) is 0.445. The number of alkyl halides is 6. The molecule has 10 nitrogen and oxygen atoms in total. The second kappa shape index (κ2) is 13.5. The van der Waals surface area contributed by atoms with Gasteiger partial charge in [0, 0.05) is 51.4 Å². The minimum absolute atomic E-state index is 0.0462. The Kier molecular flexibility index (Phi) is 11.0. The number of anilines is 1. The highest BCUT2D eigenvalue weighted by molar-refractivity contribution is 5.73. The van der Waals surface area contributed by atoms with Crippen LogP contribution in [0.25, 0.3) is 0 Å². The Hall–Kier alpha value is -3.53. The second-order valence-electron chi connectivity index (χ2n) is 8.77. The Balaban J connectivity index is 0.000000317. The molecule has 0 aromatic carbocycles. The van der Waals surface area contributed by atoms with E-state index in [1.54, 1.807) is 0 Å². The molecular weight excluding hydrogens is 540 g/mol. The number of hydrogen-bond acceptors (Lipinski definition) is 8. The Bertz CT molecular complexity index is 1040. The molecule has 4 rings (SSSR count). The molecule has 216 valence electrons. The van der Waals surface area contributed by atoms with Crippen LogP contribution in [-0.2, 0) is 20.9 Å². The lowest BCUT2D eigenvalue weighted by Gasteiger charge is -2.50. The molecule has 0 radical (unpaired) electrons. The molecule has 0 bridgehead atoms. The number of nitrogens with zero attached hydrogens (tertiary/aromatic N) is 4. The first kappa shape index (κ1) is 31.7. The van der Waals surface area contributed by atoms with Gasteiger partial charge in [0.05, 0.1) is 11.3 Å². The molecule has 39 heavy (non-hydrogen) atoms. The summed E-state index contributed by atoms with van der Waals surface area (Å²) in [6.07, 6.45) is -2.38. The SMILES string of the molecule is Cc1cnc(NCCC2CCOC23CN(Cc2ccccn2)C3)nc1.O=C(O)C(F)(F)F.O=C(O)C(F)(F)F. The fraction of sp³-hybridized carbons (Fsp3) is 0.522. The zero-order valence-corrected chi connectivity index (χ0v) is 20.7. The van der Waals surface area contributed by atoms with Crippen LogP contribution in [0.3, 0.4) is 0 Å². The summed E-state index contributed by atoms with van der Waals surface area (Å²) < 4.78 is 69.6. The van der Waals surface area contributed by atoms with E-state index in [2.05, 4.69) is 31.2 Å². The van der Waals surface area contributed by atoms with E-state index in [9.17, 15) is 26.3 Å². The lowest BCUT2D eigenvalue weighted by atomic mass is 9.79. The number of carboxylic acid groups (broad SMARTS) is 2. The van der Waals surface area contributed by atoms with Gasteiger partial charge in [-0.2, -0.15) is 26.3 Å². The smallest absolute Gasteiger partial charge is 0.475 e. The van der Waals surface area contributed by atoms with Crippen molar-refractivity contribution in [3.8, 4) is 0 Å². The van der Waals surface area contributed by atoms with Crippen molar-refractivity contribution in [2.75, 3.05) is 31.6 Å². The molecular formula is C23H27F6N5O5. The van der Waals surface area contributed by atoms with Crippen LogP contribution in [0.2, 0.25) is 0 Å². The summed E-state index contributed by atoms with van der Waals surface area (Å²) in [6.45, 7) is 6.69. The molecule has 1 atom stereocenters. The van der Waals surface area contributed by atoms with Crippen molar-refractivity contribution in [1.29, 1.82) is 0 Å². The van der Waals surface area contributed by atoms with Crippen molar-refractivity contribution in [1.82, 2.24) is 19.9 Å². The highest BCUT2D eigenvalue weighted by Gasteiger charge is 2.52. The predicted molar refractivity (Wildman–Crippen MR) is 124 cm³/mol. The molecule has 3 N–H and O–H groups in total. The third kappa shape index (κ3) is 10.3. The van der Waals surface area contributed by atoms with Gasteiger partial charge in [-0.15, -0.1) is 0 Å². The minimum Gasteiger partial charge on any atom is -0.475 e. The number of halogens is 6. The summed E-state index contributed by atoms with van der Waals surface area (Å²) in [4.78, 5) is 33.2. The summed E-state index contributed by atoms with van der Waals surface area (Å²) in [6, 6.07) is 6.09. The molecule has 0 amide bonds. The zero-order chi connectivity index (χ0) is 29.3. The maximum Gasteiger partial charge on any atom is 0.490 e. The Morgan fingerprint density at radius 1 is 1.05 bits per heavy atom. The molecule has 2 aromatic rings. The highest BCUT2D eigenvalue weighted by Crippen LogP contribution is 2.42. The topological polar surface area (TPSA) is 138 Å². The van der Waals surface area contributed by atoms with Gasteiger partial charge in [-0.25, -0.2) is 19.6 Å². The maximum atomic E-state index is 10.6. The highest BCUT2D eigenvalue weighted by atomic mass is 19.4. The van der Waals surface area contributed by atoms with Gasteiger partial charge in [0.2, 0.25) is 5.95 Å². The van der Waals surface area contributed by atoms with Crippen LogP contribution in [0.5, 0.6) is 0 Å². The van der Waals surface area contributed by atoms with Gasteiger partial charge in [0.25, 0.3) is 0 Å². The van der Waals surface area contributed by atoms with Gasteiger partial charge in [-0.05, 0) is 43.4 Å². The Labute approximate surface area is 219 Å². The maximum absolute atomic E-state index is 10.6. The Morgan fingerprint density at radius 3 is 2.10 bits per heavy atom. The fourth-order valence-corrected chi connectivity index (χ4v) is 3.93. The van der Waals surface area contributed by atoms with E-state index in [0.717, 1.165) is 56.9 Å². The van der Waals surface area contributed by atoms with E-state index in [4.69, 9.17) is 24.5 Å². The van der Waals surface area contributed by atoms with E-state index in [1.165, 1.54) is 0 Å². The van der Waals surface area contributed by atoms with Gasteiger partial charge < -0.3 is 20.3 Å². The van der Waals surface area contributed by atoms with Gasteiger partial charge >= 0.3 is 24.3 Å². The first-order valence-corrected chi connectivity index (χ1v) is 11.5. The van der Waals surface area contributed by atoms with Gasteiger partial charge in [-0.1, -0.05) is 6.07 Å². The van der Waals surface area contributed by atoms with E-state index >= 15 is 0 Å². The molecule has 4 heterocycles. The number of carbonyl (C=O) groups is 2. The summed E-state index contributed by atoms with van der Waals surface area (Å²) >= 11 is 0. The number of aryl methyl sites for hydroxylation is 1. The van der Waals surface area contributed by atoms with Crippen LogP contribution in [0.1, 0.15) is 24.1 Å². The average Bonchev–Trinajstić information content (AvgIpc) is 3.24. The number of aromatic nitrogens is 3. The van der Waals surface area contributed by atoms with Gasteiger partial charge in [-0.3, -0.25) is 9.88 Å². The molecule has 0 aliphatic carbocycles. The standard InChI is InChI=1S/C19H25N5O.2C2HF3O2/c1-15-10-22-18(23-11-15)21-8-5-16-6-9-25-19(16)13-24(14-19)12-17-4-2-3-7-20-17;2*3-2(4,5)1(6)7/h2-4,7,10-11,16H,5-6,8-9,12-14H2,1H3,(H,21,22,23);2*(H,6,7). The summed E-state index contributed by atoms with van der Waals surface area (Å²) in [5, 5.41) is 17.6. The van der Waals surface area contributed by atoms with Gasteiger partial charge in [0.1, 0.15) is 0 Å². The summed E-state index contributed by atoms with van der Waals surface area (Å²) in [5.74, 6) is -4.20. The number of hydrogen-bond donors (Lipinski definition) is 3. The molecule has 2 aliphatic heterocycles. The molecule has 0 saturated carbocycles. The molecule has 2 fully saturated rings. The number of carboxylic acids is 2. The number of aliphatic carboxylic acids is 2. The number of pyridine rings is 1. The number of likely N-dealkylation sites (tertiary alicyclic amines) is 1. The zero-order valence-electron chi connectivity index (χ0n) is 20.7. The summed E-state index contributed by atoms with van der Waals surface area (Å²) in [7, 11) is 0. The third-order valence-corrected chi connectivity index (χ3v) is 5.74. The molecule has 1 spiro atoms. The predicted octanol–water partition coefficient (Wildman–Crippen LogP) is 3.54. The fourth-order valence-electron chi connectivity index (χ4n) is 3.93. The van der Waals surface area contributed by atoms with Crippen molar-refractivity contribution in [3.05, 3.63) is 48.0 Å². The first-order chi connectivity index (χ1) is 18.1. The molecule has 1 unspecified atom stereocenters. The van der Waals surface area contributed by atoms with Crippen LogP contribution in [-0.4, -0.2) is 86.2 Å². The molecule has 2 aliphatic rings. The van der Waals surface area contributed by atoms with Crippen molar-refractivity contribution in [3.63, 3.8) is 0 Å². The largest absolute Gasteiger partial charge is 0.490 e. The van der Waals surface area contributed by atoms with E-state index in [-0.39, 0.29) is 5.60 Å². The average molecular weight is 567 g/mol. The normalized spacial score (nSPS) is 18.2. The van der Waals surface area contributed by atoms with Crippen LogP contribution in [0.15, 0.2) is 36.8 Å². The number of nitrogens with one attached hydrogen (secondary N) is 1. The number of ether oxygens (including phenoxy) is 1. The summed E-state index contributed by atoms with van der Waals surface area (Å²) in [5.41, 5.74) is 2.26. The second-order valence-corrected chi connectivity index (χ2v) is 8.77.